The molecule has 23 heavy (non-hydrogen) atoms. The second-order valence-corrected chi connectivity index (χ2v) is 6.10. The summed E-state index contributed by atoms with van der Waals surface area (Å²) in [5.41, 5.74) is 4.81. The molecule has 128 valence electrons. The van der Waals surface area contributed by atoms with Crippen LogP contribution in [0.3, 0.4) is 0 Å². The Bertz CT molecular complexity index is 646. The number of ether oxygens (including phenoxy) is 1. The third-order valence-corrected chi connectivity index (χ3v) is 2.95. The molecule has 1 aromatic rings. The molecule has 1 aromatic heterocycles. The molecular weight excluding hydrogens is 300 g/mol. The fourth-order valence-corrected chi connectivity index (χ4v) is 1.75. The van der Waals surface area contributed by atoms with E-state index in [9.17, 15) is 14.4 Å². The molecule has 0 spiro atoms. The lowest BCUT2D eigenvalue weighted by Gasteiger charge is -2.26. The summed E-state index contributed by atoms with van der Waals surface area (Å²) < 4.78 is 6.54. The van der Waals surface area contributed by atoms with Gasteiger partial charge in [0.05, 0.1) is 5.69 Å². The van der Waals surface area contributed by atoms with Crippen molar-refractivity contribution in [2.75, 3.05) is 24.1 Å². The molecule has 0 unspecified atom stereocenters. The molecule has 0 atom stereocenters. The zero-order valence-electron chi connectivity index (χ0n) is 14.2. The number of likely N-dealkylation sites (N-methyl/N-ethyl adjacent to an activating group) is 1. The number of anilines is 2. The highest BCUT2D eigenvalue weighted by atomic mass is 16.6. The van der Waals surface area contributed by atoms with E-state index in [0.717, 1.165) is 0 Å². The Kier molecular flexibility index (Phi) is 5.78. The fourth-order valence-electron chi connectivity index (χ4n) is 1.75. The first-order valence-corrected chi connectivity index (χ1v) is 7.28. The van der Waals surface area contributed by atoms with Gasteiger partial charge in [-0.2, -0.15) is 0 Å². The summed E-state index contributed by atoms with van der Waals surface area (Å²) >= 11 is 0. The first-order chi connectivity index (χ1) is 10.5. The maximum absolute atomic E-state index is 12.1. The van der Waals surface area contributed by atoms with Gasteiger partial charge in [0.25, 0.3) is 5.56 Å². The minimum Gasteiger partial charge on any atom is -0.444 e. The van der Waals surface area contributed by atoms with Crippen molar-refractivity contribution in [3.05, 3.63) is 22.6 Å². The van der Waals surface area contributed by atoms with Crippen molar-refractivity contribution in [3.8, 4) is 0 Å². The van der Waals surface area contributed by atoms with Crippen LogP contribution in [0.4, 0.5) is 16.2 Å². The van der Waals surface area contributed by atoms with Crippen LogP contribution in [0.5, 0.6) is 0 Å². The van der Waals surface area contributed by atoms with Crippen molar-refractivity contribution in [3.63, 3.8) is 0 Å². The number of amides is 2. The second-order valence-electron chi connectivity index (χ2n) is 6.10. The lowest BCUT2D eigenvalue weighted by atomic mass is 10.2. The fraction of sp³-hybridized carbons (Fsp3) is 0.533. The number of nitrogens with zero attached hydrogens (tertiary/aromatic N) is 2. The minimum absolute atomic E-state index is 0.0522. The highest BCUT2D eigenvalue weighted by Gasteiger charge is 2.23. The Morgan fingerprint density at radius 2 is 2.00 bits per heavy atom. The maximum atomic E-state index is 12.1. The van der Waals surface area contributed by atoms with Gasteiger partial charge in [0, 0.05) is 19.8 Å². The van der Waals surface area contributed by atoms with Gasteiger partial charge in [-0.1, -0.05) is 0 Å². The number of aryl methyl sites for hydroxylation is 1. The highest BCUT2D eigenvalue weighted by molar-refractivity contribution is 5.96. The van der Waals surface area contributed by atoms with Crippen molar-refractivity contribution >= 4 is 23.4 Å². The SMILES string of the molecule is CCN(CC(=O)Nc1ccn(C)c(=O)c1N)C(=O)OC(C)(C)C. The van der Waals surface area contributed by atoms with E-state index < -0.39 is 23.2 Å². The second kappa shape index (κ2) is 7.17. The molecule has 0 bridgehead atoms. The number of aromatic nitrogens is 1. The topological polar surface area (TPSA) is 107 Å². The van der Waals surface area contributed by atoms with Crippen LogP contribution in [0.1, 0.15) is 27.7 Å². The number of pyridine rings is 1. The number of rotatable bonds is 4. The van der Waals surface area contributed by atoms with Crippen molar-refractivity contribution < 1.29 is 14.3 Å². The van der Waals surface area contributed by atoms with Crippen LogP contribution in [0, 0.1) is 0 Å². The van der Waals surface area contributed by atoms with E-state index in [4.69, 9.17) is 10.5 Å². The van der Waals surface area contributed by atoms with E-state index in [2.05, 4.69) is 5.32 Å². The van der Waals surface area contributed by atoms with Gasteiger partial charge in [-0.3, -0.25) is 14.5 Å². The highest BCUT2D eigenvalue weighted by Crippen LogP contribution is 2.13. The Morgan fingerprint density at radius 3 is 2.52 bits per heavy atom. The Hall–Kier alpha value is -2.51. The van der Waals surface area contributed by atoms with Crippen LogP contribution in [-0.2, 0) is 16.6 Å². The number of nitrogen functional groups attached to an aromatic ring is 1. The molecule has 0 fully saturated rings. The van der Waals surface area contributed by atoms with Gasteiger partial charge < -0.3 is 20.4 Å². The molecule has 0 aliphatic rings. The molecule has 2 amide bonds. The number of hydrogen-bond donors (Lipinski definition) is 2. The zero-order valence-corrected chi connectivity index (χ0v) is 14.2. The van der Waals surface area contributed by atoms with Crippen LogP contribution in [-0.4, -0.2) is 40.2 Å². The summed E-state index contributed by atoms with van der Waals surface area (Å²) in [6.07, 6.45) is 0.923. The first kappa shape index (κ1) is 18.5. The summed E-state index contributed by atoms with van der Waals surface area (Å²) in [5, 5.41) is 2.53. The molecule has 0 aliphatic carbocycles. The number of carbonyl (C=O) groups excluding carboxylic acids is 2. The van der Waals surface area contributed by atoms with Crippen molar-refractivity contribution in [1.82, 2.24) is 9.47 Å². The van der Waals surface area contributed by atoms with Gasteiger partial charge in [0.2, 0.25) is 5.91 Å². The molecule has 8 heteroatoms. The van der Waals surface area contributed by atoms with Crippen LogP contribution < -0.4 is 16.6 Å². The molecule has 0 aliphatic heterocycles. The van der Waals surface area contributed by atoms with Gasteiger partial charge >= 0.3 is 6.09 Å². The number of nitrogens with two attached hydrogens (primary N) is 1. The standard InChI is InChI=1S/C15H24N4O4/c1-6-19(14(22)23-15(2,3)4)9-11(20)17-10-7-8-18(5)13(21)12(10)16/h7-8H,6,9,16H2,1-5H3,(H,17,20). The van der Waals surface area contributed by atoms with Gasteiger partial charge in [-0.05, 0) is 33.8 Å². The zero-order chi connectivity index (χ0) is 17.8. The maximum Gasteiger partial charge on any atom is 0.410 e. The third kappa shape index (κ3) is 5.32. The van der Waals surface area contributed by atoms with E-state index in [-0.39, 0.29) is 17.9 Å². The molecule has 1 heterocycles. The predicted molar refractivity (Wildman–Crippen MR) is 88.2 cm³/mol. The first-order valence-electron chi connectivity index (χ1n) is 7.28. The molecule has 3 N–H and O–H groups in total. The smallest absolute Gasteiger partial charge is 0.410 e. The molecule has 0 saturated carbocycles. The normalized spacial score (nSPS) is 11.0. The third-order valence-electron chi connectivity index (χ3n) is 2.95. The number of carbonyl (C=O) groups is 2. The number of nitrogens with one attached hydrogen (secondary N) is 1. The van der Waals surface area contributed by atoms with Gasteiger partial charge in [0.1, 0.15) is 17.8 Å². The molecule has 8 nitrogen and oxygen atoms in total. The quantitative estimate of drug-likeness (QED) is 0.864. The van der Waals surface area contributed by atoms with Gasteiger partial charge in [0.15, 0.2) is 0 Å². The van der Waals surface area contributed by atoms with Crippen LogP contribution >= 0.6 is 0 Å². The Labute approximate surface area is 135 Å². The monoisotopic (exact) mass is 324 g/mol. The Morgan fingerprint density at radius 1 is 1.39 bits per heavy atom. The lowest BCUT2D eigenvalue weighted by molar-refractivity contribution is -0.117. The predicted octanol–water partition coefficient (Wildman–Crippen LogP) is 1.16. The summed E-state index contributed by atoms with van der Waals surface area (Å²) in [7, 11) is 1.56. The van der Waals surface area contributed by atoms with E-state index in [1.54, 1.807) is 34.7 Å². The average Bonchev–Trinajstić information content (AvgIpc) is 2.43. The largest absolute Gasteiger partial charge is 0.444 e. The summed E-state index contributed by atoms with van der Waals surface area (Å²) in [5.74, 6) is -0.460. The van der Waals surface area contributed by atoms with Crippen molar-refractivity contribution in [2.24, 2.45) is 7.05 Å². The molecule has 1 rings (SSSR count). The van der Waals surface area contributed by atoms with Gasteiger partial charge in [-0.25, -0.2) is 4.79 Å². The molecule has 0 aromatic carbocycles. The molecule has 0 saturated heterocycles. The molecule has 0 radical (unpaired) electrons. The van der Waals surface area contributed by atoms with E-state index >= 15 is 0 Å². The van der Waals surface area contributed by atoms with E-state index in [1.807, 2.05) is 0 Å². The van der Waals surface area contributed by atoms with Gasteiger partial charge in [-0.15, -0.1) is 0 Å². The average molecular weight is 324 g/mol. The number of hydrogen-bond acceptors (Lipinski definition) is 5. The Balaban J connectivity index is 2.77. The van der Waals surface area contributed by atoms with E-state index in [1.165, 1.54) is 21.7 Å². The van der Waals surface area contributed by atoms with Crippen molar-refractivity contribution in [1.29, 1.82) is 0 Å². The molecular formula is C15H24N4O4. The van der Waals surface area contributed by atoms with Crippen LogP contribution in [0.15, 0.2) is 17.1 Å². The summed E-state index contributed by atoms with van der Waals surface area (Å²) in [4.78, 5) is 37.0. The lowest BCUT2D eigenvalue weighted by Crippen LogP contribution is -2.41. The summed E-state index contributed by atoms with van der Waals surface area (Å²) in [6, 6.07) is 1.53. The van der Waals surface area contributed by atoms with E-state index in [0.29, 0.717) is 6.54 Å². The van der Waals surface area contributed by atoms with Crippen molar-refractivity contribution in [2.45, 2.75) is 33.3 Å². The van der Waals surface area contributed by atoms with Crippen LogP contribution in [0.2, 0.25) is 0 Å². The minimum atomic E-state index is -0.642. The van der Waals surface area contributed by atoms with Crippen LogP contribution in [0.25, 0.3) is 0 Å². The summed E-state index contributed by atoms with van der Waals surface area (Å²) in [6.45, 7) is 7.11.